The van der Waals surface area contributed by atoms with Gasteiger partial charge in [-0.3, -0.25) is 19.4 Å². The van der Waals surface area contributed by atoms with Gasteiger partial charge in [0, 0.05) is 86.8 Å². The average molecular weight is 852 g/mol. The highest BCUT2D eigenvalue weighted by atomic mass is 28.4. The number of hydrogen-bond donors (Lipinski definition) is 1. The van der Waals surface area contributed by atoms with Crippen molar-refractivity contribution in [3.05, 3.63) is 123 Å². The topological polar surface area (TPSA) is 108 Å². The molecule has 5 heterocycles. The number of nitrogens with zero attached hydrogens (tertiary/aromatic N) is 6. The summed E-state index contributed by atoms with van der Waals surface area (Å²) in [5.74, 6) is 0.532. The number of nitriles is 1. The largest absolute Gasteiger partial charge is 0.544 e. The number of benzene rings is 3. The Morgan fingerprint density at radius 3 is 2.29 bits per heavy atom. The van der Waals surface area contributed by atoms with Crippen molar-refractivity contribution in [3.8, 4) is 23.1 Å². The highest BCUT2D eigenvalue weighted by molar-refractivity contribution is 6.74. The molecule has 11 nitrogen and oxygen atoms in total. The van der Waals surface area contributed by atoms with E-state index >= 15 is 9.59 Å². The average Bonchev–Trinajstić information content (AvgIpc) is 3.72. The lowest BCUT2D eigenvalue weighted by atomic mass is 9.89. The van der Waals surface area contributed by atoms with Crippen LogP contribution in [0.4, 0.5) is 11.4 Å². The Balaban J connectivity index is 1.21. The summed E-state index contributed by atoms with van der Waals surface area (Å²) in [6.07, 6.45) is 1.63. The predicted molar refractivity (Wildman–Crippen MR) is 248 cm³/mol. The number of carbonyl (C=O) groups excluding carboxylic acids is 2. The van der Waals surface area contributed by atoms with Crippen molar-refractivity contribution in [1.29, 1.82) is 5.26 Å². The van der Waals surface area contributed by atoms with Crippen LogP contribution in [0.15, 0.2) is 72.8 Å². The molecule has 324 valence electrons. The van der Waals surface area contributed by atoms with Crippen LogP contribution in [0.3, 0.4) is 0 Å². The van der Waals surface area contributed by atoms with Gasteiger partial charge in [0.2, 0.25) is 8.32 Å². The summed E-state index contributed by atoms with van der Waals surface area (Å²) in [4.78, 5) is 36.9. The van der Waals surface area contributed by atoms with E-state index in [0.29, 0.717) is 54.5 Å². The molecule has 3 aliphatic heterocycles. The normalized spacial score (nSPS) is 17.0. The first-order valence-electron chi connectivity index (χ1n) is 22.0. The maximum Gasteiger partial charge on any atom is 0.264 e. The van der Waals surface area contributed by atoms with Crippen LogP contribution in [0.1, 0.15) is 80.8 Å². The van der Waals surface area contributed by atoms with E-state index in [0.717, 1.165) is 73.0 Å². The minimum Gasteiger partial charge on any atom is -0.544 e. The molecule has 0 bridgehead atoms. The van der Waals surface area contributed by atoms with E-state index in [1.165, 1.54) is 16.7 Å². The van der Waals surface area contributed by atoms with Gasteiger partial charge in [-0.15, -0.1) is 0 Å². The Morgan fingerprint density at radius 1 is 0.903 bits per heavy atom. The fourth-order valence-corrected chi connectivity index (χ4v) is 9.97. The zero-order valence-electron chi connectivity index (χ0n) is 37.9. The molecule has 3 aliphatic rings. The Hall–Kier alpha value is -5.45. The summed E-state index contributed by atoms with van der Waals surface area (Å²) in [7, 11) is 1.71. The Bertz CT molecular complexity index is 2550. The Morgan fingerprint density at radius 2 is 1.61 bits per heavy atom. The van der Waals surface area contributed by atoms with Gasteiger partial charge >= 0.3 is 0 Å². The second-order valence-electron chi connectivity index (χ2n) is 18.8. The number of rotatable bonds is 9. The number of morpholine rings is 1. The number of amides is 2. The summed E-state index contributed by atoms with van der Waals surface area (Å²) < 4.78 is 16.2. The number of carbonyl (C=O) groups is 2. The number of anilines is 2. The molecule has 0 spiro atoms. The third-order valence-electron chi connectivity index (χ3n) is 14.0. The molecule has 0 radical (unpaired) electrons. The fourth-order valence-electron chi connectivity index (χ4n) is 8.93. The maximum atomic E-state index is 15.4. The fraction of sp³-hybridized carbons (Fsp3) is 0.420. The van der Waals surface area contributed by atoms with Crippen LogP contribution in [0.25, 0.3) is 11.3 Å². The van der Waals surface area contributed by atoms with Crippen molar-refractivity contribution in [2.75, 3.05) is 44.3 Å². The summed E-state index contributed by atoms with van der Waals surface area (Å²) in [5.41, 5.74) is 10.9. The van der Waals surface area contributed by atoms with E-state index in [1.807, 2.05) is 62.8 Å². The monoisotopic (exact) mass is 851 g/mol. The van der Waals surface area contributed by atoms with Crippen LogP contribution >= 0.6 is 0 Å². The lowest BCUT2D eigenvalue weighted by molar-refractivity contribution is 0.0193. The summed E-state index contributed by atoms with van der Waals surface area (Å²) in [5, 5.41) is 13.6. The quantitative estimate of drug-likeness (QED) is 0.149. The standard InChI is InChI=1S/C50H61N7O4Si/c1-33-43(49(59)57(46-27-40(29-51)53(6)34(46)2)39-14-16-42(17-15-39)61-62(8,9)50(3,4)5)28-47(54(33)7)44-25-36-18-19-52-30-38(36)26-45(44)48(58)56-31-37-13-11-10-12-35(37)24-41(56)32-55-20-22-60-23-21-55/h10-17,25-28,41,52H,18-24,30-32H2,1-9H3/t41-/m0/s1. The number of ether oxygens (including phenoxy) is 1. The highest BCUT2D eigenvalue weighted by Crippen LogP contribution is 2.40. The zero-order valence-corrected chi connectivity index (χ0v) is 38.9. The van der Waals surface area contributed by atoms with E-state index in [2.05, 4.69) is 96.0 Å². The van der Waals surface area contributed by atoms with Gasteiger partial charge in [-0.2, -0.15) is 5.26 Å². The van der Waals surface area contributed by atoms with Gasteiger partial charge in [-0.25, -0.2) is 0 Å². The second-order valence-corrected chi connectivity index (χ2v) is 23.5. The first kappa shape index (κ1) is 43.2. The van der Waals surface area contributed by atoms with Gasteiger partial charge in [0.1, 0.15) is 17.5 Å². The van der Waals surface area contributed by atoms with Gasteiger partial charge in [-0.05, 0) is 122 Å². The van der Waals surface area contributed by atoms with E-state index in [1.54, 1.807) is 11.0 Å². The lowest BCUT2D eigenvalue weighted by Gasteiger charge is -2.41. The first-order chi connectivity index (χ1) is 29.6. The predicted octanol–water partition coefficient (Wildman–Crippen LogP) is 8.43. The molecule has 8 rings (SSSR count). The van der Waals surface area contributed by atoms with Crippen molar-refractivity contribution in [2.45, 2.75) is 84.7 Å². The Labute approximate surface area is 368 Å². The molecule has 2 amide bonds. The van der Waals surface area contributed by atoms with Crippen LogP contribution in [-0.4, -0.2) is 84.5 Å². The smallest absolute Gasteiger partial charge is 0.264 e. The minimum atomic E-state index is -2.11. The van der Waals surface area contributed by atoms with E-state index in [4.69, 9.17) is 9.16 Å². The number of fused-ring (bicyclic) bond motifs is 2. The third kappa shape index (κ3) is 8.15. The van der Waals surface area contributed by atoms with Gasteiger partial charge in [0.05, 0.1) is 24.5 Å². The Kier molecular flexibility index (Phi) is 11.9. The number of aromatic nitrogens is 2. The molecule has 12 heteroatoms. The van der Waals surface area contributed by atoms with Crippen LogP contribution < -0.4 is 14.6 Å². The molecule has 1 atom stereocenters. The van der Waals surface area contributed by atoms with Gasteiger partial charge < -0.3 is 28.5 Å². The molecule has 2 aromatic heterocycles. The van der Waals surface area contributed by atoms with E-state index in [9.17, 15) is 5.26 Å². The zero-order chi connectivity index (χ0) is 44.1. The molecule has 1 fully saturated rings. The van der Waals surface area contributed by atoms with Crippen LogP contribution in [0.2, 0.25) is 18.1 Å². The SMILES string of the molecule is Cc1c(N(C(=O)c2cc(-c3cc4c(cc3C(=O)N3Cc5ccccc5C[C@H]3CN3CCOCC3)CNCC4)n(C)c2C)c2ccc(O[Si](C)(C)C(C)(C)C)cc2)cc(C#N)n1C. The van der Waals surface area contributed by atoms with Crippen LogP contribution in [0.5, 0.6) is 5.75 Å². The molecule has 3 aromatic carbocycles. The van der Waals surface area contributed by atoms with Crippen molar-refractivity contribution >= 4 is 31.5 Å². The summed E-state index contributed by atoms with van der Waals surface area (Å²) >= 11 is 0. The lowest BCUT2D eigenvalue weighted by Crippen LogP contribution is -2.52. The van der Waals surface area contributed by atoms with Crippen LogP contribution in [-0.2, 0) is 44.8 Å². The summed E-state index contributed by atoms with van der Waals surface area (Å²) in [6.45, 7) is 20.9. The molecule has 5 aromatic rings. The summed E-state index contributed by atoms with van der Waals surface area (Å²) in [6, 6.07) is 26.5. The van der Waals surface area contributed by atoms with Gasteiger partial charge in [-0.1, -0.05) is 45.0 Å². The minimum absolute atomic E-state index is 0.00144. The van der Waals surface area contributed by atoms with Gasteiger partial charge in [0.15, 0.2) is 0 Å². The van der Waals surface area contributed by atoms with E-state index in [-0.39, 0.29) is 22.9 Å². The van der Waals surface area contributed by atoms with Crippen molar-refractivity contribution < 1.29 is 18.8 Å². The first-order valence-corrected chi connectivity index (χ1v) is 24.9. The van der Waals surface area contributed by atoms with Crippen LogP contribution in [0, 0.1) is 25.2 Å². The number of hydrogen-bond acceptors (Lipinski definition) is 7. The van der Waals surface area contributed by atoms with Crippen molar-refractivity contribution in [3.63, 3.8) is 0 Å². The molecule has 1 saturated heterocycles. The van der Waals surface area contributed by atoms with Crippen molar-refractivity contribution in [1.82, 2.24) is 24.3 Å². The van der Waals surface area contributed by atoms with E-state index < -0.39 is 8.32 Å². The molecule has 62 heavy (non-hydrogen) atoms. The molecular formula is C50H61N7O4Si. The molecule has 0 unspecified atom stereocenters. The highest BCUT2D eigenvalue weighted by Gasteiger charge is 2.39. The second kappa shape index (κ2) is 17.0. The third-order valence-corrected chi connectivity index (χ3v) is 18.4. The van der Waals surface area contributed by atoms with Gasteiger partial charge in [0.25, 0.3) is 11.8 Å². The molecular weight excluding hydrogens is 791 g/mol. The maximum absolute atomic E-state index is 15.4. The molecule has 1 N–H and O–H groups in total. The number of nitrogens with one attached hydrogen (secondary N) is 1. The van der Waals surface area contributed by atoms with Crippen molar-refractivity contribution in [2.24, 2.45) is 14.1 Å². The molecule has 0 aliphatic carbocycles. The molecule has 0 saturated carbocycles.